The van der Waals surface area contributed by atoms with E-state index in [4.69, 9.17) is 15.5 Å². The summed E-state index contributed by atoms with van der Waals surface area (Å²) in [5, 5.41) is 2.82. The lowest BCUT2D eigenvalue weighted by Crippen LogP contribution is -2.36. The number of amides is 1. The molecule has 1 aliphatic heterocycles. The number of carbonyl (C=O) groups excluding carboxylic acids is 1. The second-order valence-corrected chi connectivity index (χ2v) is 13.7. The van der Waals surface area contributed by atoms with Crippen LogP contribution in [0.3, 0.4) is 0 Å². The molecule has 4 aromatic rings. The van der Waals surface area contributed by atoms with Gasteiger partial charge in [0.25, 0.3) is 0 Å². The van der Waals surface area contributed by atoms with Crippen LogP contribution in [0.4, 0.5) is 0 Å². The molecule has 0 saturated carbocycles. The quantitative estimate of drug-likeness (QED) is 0.260. The van der Waals surface area contributed by atoms with Crippen molar-refractivity contribution < 1.29 is 17.9 Å². The van der Waals surface area contributed by atoms with Crippen LogP contribution in [-0.2, 0) is 16.3 Å². The number of ether oxygens (including phenoxy) is 1. The zero-order valence-corrected chi connectivity index (χ0v) is 25.9. The monoisotopic (exact) mass is 603 g/mol. The first-order chi connectivity index (χ1) is 20.7. The zero-order chi connectivity index (χ0) is 30.6. The fourth-order valence-electron chi connectivity index (χ4n) is 6.00. The number of nitrogens with one attached hydrogen (secondary N) is 1. The summed E-state index contributed by atoms with van der Waals surface area (Å²) in [5.74, 6) is 1.36. The second-order valence-electron chi connectivity index (χ2n) is 11.4. The fraction of sp³-hybridized carbons (Fsp3) is 0.394. The van der Waals surface area contributed by atoms with Crippen molar-refractivity contribution in [3.63, 3.8) is 0 Å². The van der Waals surface area contributed by atoms with E-state index in [1.807, 2.05) is 53.1 Å². The molecular formula is C33H41N5O4S. The van der Waals surface area contributed by atoms with Crippen molar-refractivity contribution in [1.29, 1.82) is 0 Å². The third-order valence-electron chi connectivity index (χ3n) is 8.55. The number of nitrogens with two attached hydrogens (primary N) is 1. The highest BCUT2D eigenvalue weighted by Crippen LogP contribution is 2.33. The molecule has 3 N–H and O–H groups in total. The number of rotatable bonds is 11. The summed E-state index contributed by atoms with van der Waals surface area (Å²) in [6.45, 7) is 4.99. The smallest absolute Gasteiger partial charge is 0.248 e. The summed E-state index contributed by atoms with van der Waals surface area (Å²) in [4.78, 5) is 19.1. The number of hydrogen-bond acceptors (Lipinski definition) is 7. The Morgan fingerprint density at radius 2 is 1.81 bits per heavy atom. The Hall–Kier alpha value is -3.73. The average molecular weight is 604 g/mol. The number of para-hydroxylation sites is 2. The van der Waals surface area contributed by atoms with Crippen molar-refractivity contribution >= 4 is 26.8 Å². The standard InChI is InChI=1S/C33H41N5O4S/c1-23(43(3,40)41)38-30-8-5-4-7-29(30)36-33(38)31-22-35-18-6-19-37(31)20-17-27(25-13-15-28(42-2)16-14-25)21-24-9-11-26(12-10-24)32(34)39/h4-5,7-16,23,27,31,35H,6,17-22H2,1-3H3,(H2,34,39). The van der Waals surface area contributed by atoms with Crippen LogP contribution in [0, 0.1) is 0 Å². The number of hydrogen-bond donors (Lipinski definition) is 2. The van der Waals surface area contributed by atoms with E-state index in [0.29, 0.717) is 12.1 Å². The molecule has 0 bridgehead atoms. The van der Waals surface area contributed by atoms with Gasteiger partial charge in [-0.3, -0.25) is 9.69 Å². The molecule has 2 heterocycles. The number of sulfone groups is 1. The van der Waals surface area contributed by atoms with Crippen LogP contribution in [0.1, 0.15) is 64.4 Å². The maximum atomic E-state index is 12.8. The Labute approximate surface area is 254 Å². The minimum Gasteiger partial charge on any atom is -0.497 e. The van der Waals surface area contributed by atoms with Gasteiger partial charge < -0.3 is 20.4 Å². The molecule has 3 aromatic carbocycles. The van der Waals surface area contributed by atoms with E-state index in [2.05, 4.69) is 22.3 Å². The minimum atomic E-state index is -3.37. The first kappa shape index (κ1) is 30.7. The lowest BCUT2D eigenvalue weighted by atomic mass is 9.88. The number of methoxy groups -OCH3 is 1. The van der Waals surface area contributed by atoms with E-state index in [-0.39, 0.29) is 12.0 Å². The van der Waals surface area contributed by atoms with Gasteiger partial charge in [-0.05, 0) is 92.7 Å². The third kappa shape index (κ3) is 7.09. The van der Waals surface area contributed by atoms with Crippen LogP contribution in [-0.4, -0.2) is 68.3 Å². The molecule has 0 spiro atoms. The lowest BCUT2D eigenvalue weighted by molar-refractivity contribution is 0.1000. The molecule has 1 saturated heterocycles. The van der Waals surface area contributed by atoms with Gasteiger partial charge in [-0.2, -0.15) is 0 Å². The number of benzene rings is 3. The van der Waals surface area contributed by atoms with Gasteiger partial charge >= 0.3 is 0 Å². The molecule has 3 atom stereocenters. The summed E-state index contributed by atoms with van der Waals surface area (Å²) in [7, 11) is -1.71. The van der Waals surface area contributed by atoms with Crippen LogP contribution >= 0.6 is 0 Å². The molecule has 9 nitrogen and oxygen atoms in total. The van der Waals surface area contributed by atoms with E-state index < -0.39 is 21.1 Å². The first-order valence-electron chi connectivity index (χ1n) is 14.8. The van der Waals surface area contributed by atoms with Gasteiger partial charge in [-0.1, -0.05) is 36.4 Å². The normalized spacial score (nSPS) is 17.8. The number of primary amides is 1. The first-order valence-corrected chi connectivity index (χ1v) is 16.7. The average Bonchev–Trinajstić information content (AvgIpc) is 3.22. The number of fused-ring (bicyclic) bond motifs is 1. The van der Waals surface area contributed by atoms with Crippen molar-refractivity contribution in [2.75, 3.05) is 39.5 Å². The largest absolute Gasteiger partial charge is 0.497 e. The molecular weight excluding hydrogens is 562 g/mol. The van der Waals surface area contributed by atoms with E-state index >= 15 is 0 Å². The van der Waals surface area contributed by atoms with Crippen molar-refractivity contribution in [3.05, 3.63) is 95.3 Å². The van der Waals surface area contributed by atoms with Gasteiger partial charge in [-0.15, -0.1) is 0 Å². The van der Waals surface area contributed by atoms with Gasteiger partial charge in [0.2, 0.25) is 5.91 Å². The number of carbonyl (C=O) groups is 1. The summed E-state index contributed by atoms with van der Waals surface area (Å²) in [6.07, 6.45) is 3.95. The fourth-order valence-corrected chi connectivity index (χ4v) is 6.60. The van der Waals surface area contributed by atoms with Crippen LogP contribution in [0.25, 0.3) is 11.0 Å². The molecule has 10 heteroatoms. The van der Waals surface area contributed by atoms with Gasteiger partial charge in [0, 0.05) is 24.9 Å². The summed E-state index contributed by atoms with van der Waals surface area (Å²) >= 11 is 0. The van der Waals surface area contributed by atoms with Crippen LogP contribution in [0.5, 0.6) is 5.75 Å². The van der Waals surface area contributed by atoms with E-state index in [1.165, 1.54) is 11.8 Å². The third-order valence-corrected chi connectivity index (χ3v) is 10.0. The Bertz CT molecular complexity index is 1650. The predicted octanol–water partition coefficient (Wildman–Crippen LogP) is 4.46. The molecule has 1 fully saturated rings. The molecule has 5 rings (SSSR count). The van der Waals surface area contributed by atoms with Crippen LogP contribution < -0.4 is 15.8 Å². The molecule has 1 aromatic heterocycles. The summed E-state index contributed by atoms with van der Waals surface area (Å²) in [6, 6.07) is 23.4. The maximum Gasteiger partial charge on any atom is 0.248 e. The maximum absolute atomic E-state index is 12.8. The number of nitrogens with zero attached hydrogens (tertiary/aromatic N) is 3. The minimum absolute atomic E-state index is 0.0922. The number of aromatic nitrogens is 2. The lowest BCUT2D eigenvalue weighted by Gasteiger charge is -2.32. The molecule has 0 radical (unpaired) electrons. The molecule has 1 amide bonds. The van der Waals surface area contributed by atoms with Gasteiger partial charge in [0.05, 0.1) is 24.2 Å². The zero-order valence-electron chi connectivity index (χ0n) is 25.1. The van der Waals surface area contributed by atoms with E-state index in [0.717, 1.165) is 67.1 Å². The highest BCUT2D eigenvalue weighted by Gasteiger charge is 2.32. The second kappa shape index (κ2) is 13.3. The number of imidazole rings is 1. The van der Waals surface area contributed by atoms with Crippen molar-refractivity contribution in [2.45, 2.75) is 43.5 Å². The van der Waals surface area contributed by atoms with Crippen molar-refractivity contribution in [3.8, 4) is 5.75 Å². The Morgan fingerprint density at radius 1 is 1.09 bits per heavy atom. The molecule has 0 aliphatic carbocycles. The van der Waals surface area contributed by atoms with E-state index in [9.17, 15) is 13.2 Å². The van der Waals surface area contributed by atoms with Crippen molar-refractivity contribution in [1.82, 2.24) is 19.8 Å². The van der Waals surface area contributed by atoms with Crippen LogP contribution in [0.2, 0.25) is 0 Å². The van der Waals surface area contributed by atoms with Gasteiger partial charge in [0.1, 0.15) is 16.9 Å². The highest BCUT2D eigenvalue weighted by atomic mass is 32.2. The van der Waals surface area contributed by atoms with E-state index in [1.54, 1.807) is 26.2 Å². The Morgan fingerprint density at radius 3 is 2.49 bits per heavy atom. The van der Waals surface area contributed by atoms with Crippen LogP contribution in [0.15, 0.2) is 72.8 Å². The molecule has 43 heavy (non-hydrogen) atoms. The molecule has 228 valence electrons. The Balaban J connectivity index is 1.46. The summed E-state index contributed by atoms with van der Waals surface area (Å²) < 4.78 is 32.9. The molecule has 1 aliphatic rings. The molecule has 3 unspecified atom stereocenters. The van der Waals surface area contributed by atoms with Gasteiger partial charge in [-0.25, -0.2) is 13.4 Å². The summed E-state index contributed by atoms with van der Waals surface area (Å²) in [5.41, 5.74) is 9.93. The van der Waals surface area contributed by atoms with Crippen molar-refractivity contribution in [2.24, 2.45) is 5.73 Å². The highest BCUT2D eigenvalue weighted by molar-refractivity contribution is 7.90. The Kier molecular flexibility index (Phi) is 9.49. The topological polar surface area (TPSA) is 120 Å². The SMILES string of the molecule is COc1ccc(C(CCN2CCCNCC2c2nc3ccccc3n2C(C)S(C)(=O)=O)Cc2ccc(C(N)=O)cc2)cc1. The predicted molar refractivity (Wildman–Crippen MR) is 170 cm³/mol. The van der Waals surface area contributed by atoms with Gasteiger partial charge in [0.15, 0.2) is 9.84 Å².